The Bertz CT molecular complexity index is 1120. The van der Waals surface area contributed by atoms with E-state index in [1.807, 2.05) is 15.9 Å². The van der Waals surface area contributed by atoms with Gasteiger partial charge < -0.3 is 15.1 Å². The van der Waals surface area contributed by atoms with E-state index < -0.39 is 11.7 Å². The lowest BCUT2D eigenvalue weighted by Crippen LogP contribution is -2.47. The predicted molar refractivity (Wildman–Crippen MR) is 124 cm³/mol. The van der Waals surface area contributed by atoms with Crippen LogP contribution in [0, 0.1) is 5.82 Å². The molecule has 0 unspecified atom stereocenters. The number of anilines is 3. The first-order valence-electron chi connectivity index (χ1n) is 10.5. The van der Waals surface area contributed by atoms with Gasteiger partial charge in [-0.1, -0.05) is 17.8 Å². The lowest BCUT2D eigenvalue weighted by molar-refractivity contribution is -0.137. The Balaban J connectivity index is 1.27. The fraction of sp³-hybridized carbons (Fsp3) is 0.261. The number of aromatic nitrogens is 2. The van der Waals surface area contributed by atoms with Gasteiger partial charge in [-0.05, 0) is 54.6 Å². The van der Waals surface area contributed by atoms with Crippen molar-refractivity contribution in [2.75, 3.05) is 47.0 Å². The Morgan fingerprint density at radius 1 is 0.941 bits per heavy atom. The van der Waals surface area contributed by atoms with Crippen molar-refractivity contribution in [3.8, 4) is 0 Å². The Morgan fingerprint density at radius 2 is 1.65 bits per heavy atom. The van der Waals surface area contributed by atoms with Gasteiger partial charge in [-0.15, -0.1) is 10.2 Å². The number of nitrogens with one attached hydrogen (secondary N) is 1. The summed E-state index contributed by atoms with van der Waals surface area (Å²) < 4.78 is 51.9. The van der Waals surface area contributed by atoms with E-state index in [1.54, 1.807) is 12.1 Å². The Kier molecular flexibility index (Phi) is 7.20. The molecule has 1 aliphatic heterocycles. The maximum absolute atomic E-state index is 13.0. The van der Waals surface area contributed by atoms with Gasteiger partial charge in [-0.3, -0.25) is 4.79 Å². The quantitative estimate of drug-likeness (QED) is 0.399. The molecule has 0 radical (unpaired) electrons. The minimum absolute atomic E-state index is 0.126. The zero-order valence-corrected chi connectivity index (χ0v) is 18.7. The molecule has 1 N–H and O–H groups in total. The van der Waals surface area contributed by atoms with Crippen molar-refractivity contribution in [2.24, 2.45) is 0 Å². The van der Waals surface area contributed by atoms with E-state index in [1.165, 1.54) is 48.2 Å². The molecule has 6 nitrogen and oxygen atoms in total. The maximum Gasteiger partial charge on any atom is 0.416 e. The maximum atomic E-state index is 13.0. The van der Waals surface area contributed by atoms with Gasteiger partial charge in [0, 0.05) is 37.6 Å². The van der Waals surface area contributed by atoms with Crippen LogP contribution in [0.25, 0.3) is 0 Å². The number of thioether (sulfide) groups is 1. The lowest BCUT2D eigenvalue weighted by Gasteiger charge is -2.36. The number of benzene rings is 2. The molecule has 0 bridgehead atoms. The Labute approximate surface area is 198 Å². The number of hydrogen-bond acceptors (Lipinski definition) is 6. The van der Waals surface area contributed by atoms with Crippen LogP contribution in [-0.4, -0.2) is 48.0 Å². The van der Waals surface area contributed by atoms with Crippen molar-refractivity contribution in [3.05, 3.63) is 72.0 Å². The fourth-order valence-corrected chi connectivity index (χ4v) is 4.12. The molecule has 1 aromatic heterocycles. The fourth-order valence-electron chi connectivity index (χ4n) is 3.50. The summed E-state index contributed by atoms with van der Waals surface area (Å²) in [4.78, 5) is 16.0. The number of carbonyl (C=O) groups excluding carboxylic acids is 1. The molecule has 0 atom stereocenters. The van der Waals surface area contributed by atoms with Crippen LogP contribution in [0.4, 0.5) is 34.8 Å². The van der Waals surface area contributed by atoms with E-state index in [-0.39, 0.29) is 17.5 Å². The second-order valence-corrected chi connectivity index (χ2v) is 8.59. The normalized spacial score (nSPS) is 14.2. The zero-order chi connectivity index (χ0) is 24.1. The third-order valence-electron chi connectivity index (χ3n) is 5.25. The van der Waals surface area contributed by atoms with Crippen LogP contribution in [0.15, 0.2) is 65.7 Å². The number of carbonyl (C=O) groups is 1. The van der Waals surface area contributed by atoms with E-state index in [0.29, 0.717) is 48.4 Å². The van der Waals surface area contributed by atoms with Crippen molar-refractivity contribution in [1.29, 1.82) is 0 Å². The number of hydrogen-bond donors (Lipinski definition) is 1. The van der Waals surface area contributed by atoms with Gasteiger partial charge in [0.05, 0.1) is 11.3 Å². The van der Waals surface area contributed by atoms with Crippen molar-refractivity contribution < 1.29 is 22.4 Å². The molecular formula is C23H21F4N5OS. The van der Waals surface area contributed by atoms with Crippen molar-refractivity contribution >= 4 is 34.9 Å². The smallest absolute Gasteiger partial charge is 0.368 e. The third-order valence-corrected chi connectivity index (χ3v) is 6.17. The van der Waals surface area contributed by atoms with Crippen LogP contribution in [0.2, 0.25) is 0 Å². The van der Waals surface area contributed by atoms with Gasteiger partial charge in [-0.25, -0.2) is 4.39 Å². The molecule has 3 aromatic rings. The first kappa shape index (κ1) is 23.8. The third kappa shape index (κ3) is 6.16. The van der Waals surface area contributed by atoms with E-state index in [0.717, 1.165) is 6.07 Å². The van der Waals surface area contributed by atoms with Gasteiger partial charge in [-0.2, -0.15) is 13.2 Å². The highest BCUT2D eigenvalue weighted by atomic mass is 32.2. The van der Waals surface area contributed by atoms with E-state index in [2.05, 4.69) is 15.5 Å². The largest absolute Gasteiger partial charge is 0.416 e. The van der Waals surface area contributed by atoms with Crippen LogP contribution >= 0.6 is 11.8 Å². The summed E-state index contributed by atoms with van der Waals surface area (Å²) in [6, 6.07) is 14.5. The number of halogens is 4. The summed E-state index contributed by atoms with van der Waals surface area (Å²) in [6.07, 6.45) is -4.37. The molecule has 1 saturated heterocycles. The highest BCUT2D eigenvalue weighted by molar-refractivity contribution is 7.99. The van der Waals surface area contributed by atoms with Gasteiger partial charge in [0.25, 0.3) is 0 Å². The molecule has 4 rings (SSSR count). The minimum Gasteiger partial charge on any atom is -0.368 e. The van der Waals surface area contributed by atoms with Crippen molar-refractivity contribution in [2.45, 2.75) is 11.2 Å². The summed E-state index contributed by atoms with van der Waals surface area (Å²) >= 11 is 1.23. The number of amides is 1. The molecule has 0 aliphatic carbocycles. The van der Waals surface area contributed by atoms with Crippen LogP contribution in [0.3, 0.4) is 0 Å². The zero-order valence-electron chi connectivity index (χ0n) is 17.9. The molecule has 11 heteroatoms. The molecule has 0 spiro atoms. The molecule has 178 valence electrons. The van der Waals surface area contributed by atoms with E-state index in [9.17, 15) is 22.4 Å². The molecule has 1 aliphatic rings. The SMILES string of the molecule is O=C(CSc1ccc(N2CCN(c3cccc(C(F)(F)F)c3)CC2)nn1)Nc1ccc(F)cc1. The first-order chi connectivity index (χ1) is 16.3. The summed E-state index contributed by atoms with van der Waals surface area (Å²) in [5.41, 5.74) is 0.404. The minimum atomic E-state index is -4.37. The molecule has 34 heavy (non-hydrogen) atoms. The Hall–Kier alpha value is -3.34. The number of nitrogens with zero attached hydrogens (tertiary/aromatic N) is 4. The number of alkyl halides is 3. The molecule has 1 amide bonds. The number of rotatable bonds is 6. The average molecular weight is 492 g/mol. The standard InChI is InChI=1S/C23H21F4N5OS/c24-17-4-6-18(7-5-17)28-21(33)15-34-22-9-8-20(29-30-22)32-12-10-31(11-13-32)19-3-1-2-16(14-19)23(25,26)27/h1-9,14H,10-13,15H2,(H,28,33). The van der Waals surface area contributed by atoms with Crippen molar-refractivity contribution in [1.82, 2.24) is 10.2 Å². The van der Waals surface area contributed by atoms with Gasteiger partial charge >= 0.3 is 6.18 Å². The summed E-state index contributed by atoms with van der Waals surface area (Å²) in [5, 5.41) is 11.7. The van der Waals surface area contributed by atoms with Gasteiger partial charge in [0.2, 0.25) is 5.91 Å². The average Bonchev–Trinajstić information content (AvgIpc) is 2.84. The molecule has 2 heterocycles. The van der Waals surface area contributed by atoms with Crippen LogP contribution in [-0.2, 0) is 11.0 Å². The highest BCUT2D eigenvalue weighted by Crippen LogP contribution is 2.32. The van der Waals surface area contributed by atoms with Crippen LogP contribution in [0.1, 0.15) is 5.56 Å². The monoisotopic (exact) mass is 491 g/mol. The van der Waals surface area contributed by atoms with E-state index >= 15 is 0 Å². The van der Waals surface area contributed by atoms with Crippen LogP contribution < -0.4 is 15.1 Å². The summed E-state index contributed by atoms with van der Waals surface area (Å²) in [7, 11) is 0. The number of piperazine rings is 1. The summed E-state index contributed by atoms with van der Waals surface area (Å²) in [5.74, 6) is 0.179. The van der Waals surface area contributed by atoms with Crippen molar-refractivity contribution in [3.63, 3.8) is 0 Å². The molecule has 0 saturated carbocycles. The van der Waals surface area contributed by atoms with Crippen LogP contribution in [0.5, 0.6) is 0 Å². The first-order valence-corrected chi connectivity index (χ1v) is 11.5. The Morgan fingerprint density at radius 3 is 2.29 bits per heavy atom. The van der Waals surface area contributed by atoms with Gasteiger partial charge in [0.15, 0.2) is 5.82 Å². The molecule has 2 aromatic carbocycles. The molecule has 1 fully saturated rings. The summed E-state index contributed by atoms with van der Waals surface area (Å²) in [6.45, 7) is 2.31. The van der Waals surface area contributed by atoms with E-state index in [4.69, 9.17) is 0 Å². The predicted octanol–water partition coefficient (Wildman–Crippen LogP) is 4.69. The second kappa shape index (κ2) is 10.3. The van der Waals surface area contributed by atoms with Gasteiger partial charge in [0.1, 0.15) is 10.8 Å². The highest BCUT2D eigenvalue weighted by Gasteiger charge is 2.31. The lowest BCUT2D eigenvalue weighted by atomic mass is 10.1. The second-order valence-electron chi connectivity index (χ2n) is 7.60. The molecular weight excluding hydrogens is 470 g/mol. The topological polar surface area (TPSA) is 61.4 Å².